The van der Waals surface area contributed by atoms with Crippen LogP contribution in [-0.4, -0.2) is 23.9 Å². The number of thiophene rings is 1. The Bertz CT molecular complexity index is 3130. The number of rotatable bonds is 4. The number of para-hydroxylation sites is 1. The molecule has 8 heteroatoms. The van der Waals surface area contributed by atoms with Crippen molar-refractivity contribution in [3.63, 3.8) is 0 Å². The van der Waals surface area contributed by atoms with E-state index in [1.807, 2.05) is 121 Å². The van der Waals surface area contributed by atoms with E-state index < -0.39 is 0 Å². The average molecular weight is 676 g/mol. The predicted octanol–water partition coefficient (Wildman–Crippen LogP) is 9.31. The summed E-state index contributed by atoms with van der Waals surface area (Å²) >= 11 is 1.68. The zero-order valence-corrected chi connectivity index (χ0v) is 27.7. The van der Waals surface area contributed by atoms with Gasteiger partial charge in [0, 0.05) is 42.2 Å². The van der Waals surface area contributed by atoms with E-state index in [0.717, 1.165) is 47.8 Å². The Morgan fingerprint density at radius 1 is 0.471 bits per heavy atom. The van der Waals surface area contributed by atoms with E-state index in [2.05, 4.69) is 18.2 Å². The van der Waals surface area contributed by atoms with Crippen molar-refractivity contribution in [3.8, 4) is 39.9 Å². The number of benzene rings is 6. The van der Waals surface area contributed by atoms with Crippen molar-refractivity contribution in [1.29, 1.82) is 0 Å². The monoisotopic (exact) mass is 675 g/mol. The number of pyridine rings is 1. The van der Waals surface area contributed by atoms with Crippen LogP contribution in [0.25, 0.3) is 87.3 Å². The molecule has 0 atom stereocenters. The van der Waals surface area contributed by atoms with E-state index >= 15 is 0 Å². The van der Waals surface area contributed by atoms with Crippen LogP contribution in [0.4, 0.5) is 0 Å². The molecular formula is C43H25N5O2S. The first-order valence-electron chi connectivity index (χ1n) is 16.5. The number of hydrogen-bond donors (Lipinski definition) is 0. The molecule has 0 spiro atoms. The van der Waals surface area contributed by atoms with Gasteiger partial charge < -0.3 is 0 Å². The van der Waals surface area contributed by atoms with Crippen LogP contribution in [-0.2, 0) is 0 Å². The molecule has 0 bridgehead atoms. The van der Waals surface area contributed by atoms with Gasteiger partial charge in [-0.15, -0.1) is 11.3 Å². The second kappa shape index (κ2) is 11.4. The minimum Gasteiger partial charge on any atom is -0.268 e. The maximum Gasteiger partial charge on any atom is 0.268 e. The zero-order chi connectivity index (χ0) is 34.1. The molecule has 0 saturated carbocycles. The van der Waals surface area contributed by atoms with Gasteiger partial charge in [0.2, 0.25) is 5.95 Å². The molecule has 0 unspecified atom stereocenters. The molecule has 240 valence electrons. The summed E-state index contributed by atoms with van der Waals surface area (Å²) in [5, 5.41) is 3.91. The summed E-state index contributed by atoms with van der Waals surface area (Å²) in [5.41, 5.74) is 3.49. The van der Waals surface area contributed by atoms with Crippen LogP contribution in [0.5, 0.6) is 0 Å². The van der Waals surface area contributed by atoms with Crippen molar-refractivity contribution < 1.29 is 0 Å². The molecule has 0 amide bonds. The largest absolute Gasteiger partial charge is 0.268 e. The maximum atomic E-state index is 14.9. The highest BCUT2D eigenvalue weighted by Crippen LogP contribution is 2.40. The van der Waals surface area contributed by atoms with Crippen molar-refractivity contribution in [2.24, 2.45) is 0 Å². The van der Waals surface area contributed by atoms with Gasteiger partial charge in [-0.1, -0.05) is 121 Å². The molecule has 51 heavy (non-hydrogen) atoms. The van der Waals surface area contributed by atoms with Crippen molar-refractivity contribution >= 4 is 58.8 Å². The lowest BCUT2D eigenvalue weighted by molar-refractivity contribution is 0.878. The lowest BCUT2D eigenvalue weighted by Crippen LogP contribution is -2.29. The van der Waals surface area contributed by atoms with E-state index in [-0.39, 0.29) is 17.1 Å². The summed E-state index contributed by atoms with van der Waals surface area (Å²) in [6.07, 6.45) is 0. The van der Waals surface area contributed by atoms with Crippen LogP contribution in [0.2, 0.25) is 0 Å². The molecule has 10 aromatic rings. The molecule has 0 aliphatic carbocycles. The van der Waals surface area contributed by atoms with Gasteiger partial charge in [-0.05, 0) is 41.3 Å². The Balaban J connectivity index is 1.40. The third kappa shape index (κ3) is 4.47. The second-order valence-corrected chi connectivity index (χ2v) is 13.4. The first kappa shape index (κ1) is 29.2. The normalized spacial score (nSPS) is 11.7. The van der Waals surface area contributed by atoms with Gasteiger partial charge in [0.05, 0.1) is 10.9 Å². The summed E-state index contributed by atoms with van der Waals surface area (Å²) in [6, 6.07) is 48.7. The molecule has 0 N–H and O–H groups in total. The Morgan fingerprint density at radius 3 is 1.86 bits per heavy atom. The molecule has 0 saturated heterocycles. The maximum absolute atomic E-state index is 14.9. The fourth-order valence-corrected chi connectivity index (χ4v) is 8.35. The molecule has 6 aromatic carbocycles. The van der Waals surface area contributed by atoms with Crippen LogP contribution in [0.1, 0.15) is 0 Å². The lowest BCUT2D eigenvalue weighted by Gasteiger charge is -2.19. The lowest BCUT2D eigenvalue weighted by atomic mass is 9.99. The smallest absolute Gasteiger partial charge is 0.268 e. The van der Waals surface area contributed by atoms with E-state index in [1.54, 1.807) is 27.9 Å². The van der Waals surface area contributed by atoms with Crippen molar-refractivity contribution in [2.45, 2.75) is 0 Å². The number of hydrogen-bond acceptors (Lipinski definition) is 6. The number of nitrogens with zero attached hydrogens (tertiary/aromatic N) is 5. The summed E-state index contributed by atoms with van der Waals surface area (Å²) < 4.78 is 5.34. The molecule has 0 aliphatic heterocycles. The standard InChI is InChI=1S/C43H25N5O2S/c49-41-31-20-8-7-19-29(31)36(26-14-3-1-4-15-26)40-47(41)34-24-11-9-21-32(34)42(50)48(40)43-45-38(27-16-5-2-6-17-27)44-39(46-43)33-23-13-22-30-28-18-10-12-25-35(28)51-37(30)33/h1-25H. The predicted molar refractivity (Wildman–Crippen MR) is 207 cm³/mol. The van der Waals surface area contributed by atoms with Crippen LogP contribution in [0.3, 0.4) is 0 Å². The van der Waals surface area contributed by atoms with E-state index in [9.17, 15) is 9.59 Å². The number of aromatic nitrogens is 5. The molecule has 4 aromatic heterocycles. The highest BCUT2D eigenvalue weighted by atomic mass is 32.1. The minimum absolute atomic E-state index is 0.122. The van der Waals surface area contributed by atoms with Gasteiger partial charge in [0.15, 0.2) is 11.6 Å². The first-order chi connectivity index (χ1) is 25.2. The third-order valence-corrected chi connectivity index (χ3v) is 10.6. The van der Waals surface area contributed by atoms with E-state index in [4.69, 9.17) is 15.0 Å². The molecule has 0 aliphatic rings. The van der Waals surface area contributed by atoms with Gasteiger partial charge >= 0.3 is 0 Å². The van der Waals surface area contributed by atoms with Crippen LogP contribution < -0.4 is 11.1 Å². The second-order valence-electron chi connectivity index (χ2n) is 12.3. The first-order valence-corrected chi connectivity index (χ1v) is 17.4. The zero-order valence-electron chi connectivity index (χ0n) is 26.9. The van der Waals surface area contributed by atoms with Gasteiger partial charge in [-0.25, -0.2) is 9.55 Å². The summed E-state index contributed by atoms with van der Waals surface area (Å²) in [6.45, 7) is 0. The van der Waals surface area contributed by atoms with Gasteiger partial charge in [-0.2, -0.15) is 9.97 Å². The summed E-state index contributed by atoms with van der Waals surface area (Å²) in [4.78, 5) is 44.7. The number of fused-ring (bicyclic) bond motifs is 7. The van der Waals surface area contributed by atoms with Gasteiger partial charge in [0.1, 0.15) is 5.65 Å². The Hall–Kier alpha value is -6.77. The van der Waals surface area contributed by atoms with Gasteiger partial charge in [-0.3, -0.25) is 14.0 Å². The quantitative estimate of drug-likeness (QED) is 0.137. The highest BCUT2D eigenvalue weighted by Gasteiger charge is 2.24. The summed E-state index contributed by atoms with van der Waals surface area (Å²) in [7, 11) is 0. The molecule has 10 rings (SSSR count). The van der Waals surface area contributed by atoms with Crippen LogP contribution in [0, 0.1) is 0 Å². The Labute approximate surface area is 294 Å². The van der Waals surface area contributed by atoms with Crippen molar-refractivity contribution in [1.82, 2.24) is 23.9 Å². The average Bonchev–Trinajstić information content (AvgIpc) is 3.58. The third-order valence-electron chi connectivity index (χ3n) is 9.42. The minimum atomic E-state index is -0.339. The topological polar surface area (TPSA) is 82.1 Å². The Kier molecular flexibility index (Phi) is 6.52. The fourth-order valence-electron chi connectivity index (χ4n) is 7.14. The SMILES string of the molecule is O=c1c2ccccc2n2c(=O)c3ccccc3c(-c3ccccc3)c2n1-c1nc(-c2ccccc2)nc(-c2cccc3c2sc2ccccc23)n1. The Morgan fingerprint density at radius 2 is 1.08 bits per heavy atom. The van der Waals surface area contributed by atoms with E-state index in [1.165, 1.54) is 4.57 Å². The summed E-state index contributed by atoms with van der Waals surface area (Å²) in [5.74, 6) is 0.965. The van der Waals surface area contributed by atoms with Crippen LogP contribution in [0.15, 0.2) is 161 Å². The molecule has 4 heterocycles. The molecule has 0 fully saturated rings. The molecule has 7 nitrogen and oxygen atoms in total. The van der Waals surface area contributed by atoms with Crippen LogP contribution >= 0.6 is 11.3 Å². The van der Waals surface area contributed by atoms with Gasteiger partial charge in [0.25, 0.3) is 11.1 Å². The van der Waals surface area contributed by atoms with E-state index in [0.29, 0.717) is 33.6 Å². The fraction of sp³-hybridized carbons (Fsp3) is 0. The molecular weight excluding hydrogens is 651 g/mol. The van der Waals surface area contributed by atoms with Crippen molar-refractivity contribution in [2.75, 3.05) is 0 Å². The van der Waals surface area contributed by atoms with Crippen molar-refractivity contribution in [3.05, 3.63) is 172 Å². The molecule has 0 radical (unpaired) electrons. The highest BCUT2D eigenvalue weighted by molar-refractivity contribution is 7.26.